The summed E-state index contributed by atoms with van der Waals surface area (Å²) in [4.78, 5) is 18.9. The molecule has 3 fully saturated rings. The van der Waals surface area contributed by atoms with Crippen LogP contribution in [-0.2, 0) is 0 Å². The van der Waals surface area contributed by atoms with Gasteiger partial charge in [0.15, 0.2) is 0 Å². The number of carbonyl (C=O) groups is 1. The third-order valence-electron chi connectivity index (χ3n) is 4.95. The van der Waals surface area contributed by atoms with Gasteiger partial charge in [0.1, 0.15) is 5.69 Å². The predicted octanol–water partition coefficient (Wildman–Crippen LogP) is 1.56. The lowest BCUT2D eigenvalue weighted by atomic mass is 9.82. The van der Waals surface area contributed by atoms with Crippen LogP contribution in [0.15, 0.2) is 18.3 Å². The summed E-state index contributed by atoms with van der Waals surface area (Å²) in [6, 6.07) is 4.29. The number of hydrogen-bond donors (Lipinski definition) is 1. The van der Waals surface area contributed by atoms with E-state index in [9.17, 15) is 4.79 Å². The van der Waals surface area contributed by atoms with Crippen LogP contribution in [0.1, 0.15) is 23.3 Å². The van der Waals surface area contributed by atoms with Crippen LogP contribution in [0.25, 0.3) is 0 Å². The molecule has 4 atom stereocenters. The van der Waals surface area contributed by atoms with Gasteiger partial charge in [-0.2, -0.15) is 0 Å². The number of carbonyl (C=O) groups excluding carboxylic acids is 1. The molecule has 4 nitrogen and oxygen atoms in total. The van der Waals surface area contributed by atoms with Crippen LogP contribution in [0, 0.1) is 11.8 Å². The molecular formula is C14H16ClN3O. The molecule has 5 heteroatoms. The molecule has 4 heterocycles. The monoisotopic (exact) mass is 277 g/mol. The molecule has 0 aromatic carbocycles. The summed E-state index contributed by atoms with van der Waals surface area (Å²) < 4.78 is 0. The van der Waals surface area contributed by atoms with Crippen LogP contribution < -0.4 is 5.32 Å². The van der Waals surface area contributed by atoms with Crippen LogP contribution in [0.4, 0.5) is 0 Å². The Labute approximate surface area is 117 Å². The van der Waals surface area contributed by atoms with Crippen LogP contribution in [0.5, 0.6) is 0 Å². The van der Waals surface area contributed by atoms with Gasteiger partial charge in [0, 0.05) is 31.4 Å². The predicted molar refractivity (Wildman–Crippen MR) is 72.1 cm³/mol. The average molecular weight is 278 g/mol. The van der Waals surface area contributed by atoms with E-state index in [1.807, 2.05) is 0 Å². The van der Waals surface area contributed by atoms with E-state index < -0.39 is 0 Å². The van der Waals surface area contributed by atoms with E-state index in [1.54, 1.807) is 18.3 Å². The Balaban J connectivity index is 1.63. The maximum atomic E-state index is 12.7. The summed E-state index contributed by atoms with van der Waals surface area (Å²) in [5, 5.41) is 4.03. The van der Waals surface area contributed by atoms with E-state index in [-0.39, 0.29) is 5.91 Å². The van der Waals surface area contributed by atoms with Crippen LogP contribution in [-0.4, -0.2) is 41.0 Å². The molecule has 0 spiro atoms. The van der Waals surface area contributed by atoms with Gasteiger partial charge in [0.2, 0.25) is 0 Å². The molecule has 0 unspecified atom stereocenters. The van der Waals surface area contributed by atoms with Crippen molar-refractivity contribution in [1.29, 1.82) is 0 Å². The van der Waals surface area contributed by atoms with Gasteiger partial charge in [-0.3, -0.25) is 4.79 Å². The summed E-state index contributed by atoms with van der Waals surface area (Å²) in [5.41, 5.74) is 0.522. The number of halogens is 1. The summed E-state index contributed by atoms with van der Waals surface area (Å²) in [5.74, 6) is 1.38. The first-order chi connectivity index (χ1) is 9.25. The van der Waals surface area contributed by atoms with Gasteiger partial charge in [-0.05, 0) is 36.8 Å². The SMILES string of the molecule is O=C(c1ccc(Cl)cn1)N1[C@@H]2CC[C@H]1[C@H]1CNC[C@H]12. The normalized spacial score (nSPS) is 35.7. The van der Waals surface area contributed by atoms with Crippen molar-refractivity contribution < 1.29 is 4.79 Å². The van der Waals surface area contributed by atoms with E-state index in [0.717, 1.165) is 25.9 Å². The highest BCUT2D eigenvalue weighted by molar-refractivity contribution is 6.30. The second kappa shape index (κ2) is 4.18. The topological polar surface area (TPSA) is 45.2 Å². The maximum Gasteiger partial charge on any atom is 0.272 e. The van der Waals surface area contributed by atoms with Gasteiger partial charge in [-0.25, -0.2) is 4.98 Å². The molecule has 3 aliphatic heterocycles. The second-order valence-electron chi connectivity index (χ2n) is 5.77. The molecule has 1 aromatic heterocycles. The van der Waals surface area contributed by atoms with Crippen molar-refractivity contribution >= 4 is 17.5 Å². The molecule has 1 amide bonds. The van der Waals surface area contributed by atoms with Crippen molar-refractivity contribution in [2.24, 2.45) is 11.8 Å². The Morgan fingerprint density at radius 3 is 2.53 bits per heavy atom. The maximum absolute atomic E-state index is 12.7. The zero-order valence-electron chi connectivity index (χ0n) is 10.6. The van der Waals surface area contributed by atoms with Crippen LogP contribution in [0.3, 0.4) is 0 Å². The Hall–Kier alpha value is -1.13. The van der Waals surface area contributed by atoms with Crippen molar-refractivity contribution in [3.63, 3.8) is 0 Å². The molecule has 3 saturated heterocycles. The molecule has 0 saturated carbocycles. The zero-order chi connectivity index (χ0) is 13.0. The average Bonchev–Trinajstić information content (AvgIpc) is 3.10. The van der Waals surface area contributed by atoms with E-state index in [1.165, 1.54) is 0 Å². The number of aromatic nitrogens is 1. The molecular weight excluding hydrogens is 262 g/mol. The van der Waals surface area contributed by atoms with Gasteiger partial charge in [-0.1, -0.05) is 11.6 Å². The van der Waals surface area contributed by atoms with E-state index in [0.29, 0.717) is 34.6 Å². The number of rotatable bonds is 1. The van der Waals surface area contributed by atoms with E-state index in [2.05, 4.69) is 15.2 Å². The lowest BCUT2D eigenvalue weighted by Crippen LogP contribution is -2.39. The lowest BCUT2D eigenvalue weighted by Gasteiger charge is -2.24. The van der Waals surface area contributed by atoms with Crippen molar-refractivity contribution in [1.82, 2.24) is 15.2 Å². The Morgan fingerprint density at radius 2 is 1.95 bits per heavy atom. The fourth-order valence-electron chi connectivity index (χ4n) is 4.20. The zero-order valence-corrected chi connectivity index (χ0v) is 11.3. The summed E-state index contributed by atoms with van der Waals surface area (Å²) in [7, 11) is 0. The van der Waals surface area contributed by atoms with Crippen molar-refractivity contribution in [2.45, 2.75) is 24.9 Å². The summed E-state index contributed by atoms with van der Waals surface area (Å²) in [6.07, 6.45) is 3.84. The second-order valence-corrected chi connectivity index (χ2v) is 6.21. The molecule has 0 radical (unpaired) electrons. The van der Waals surface area contributed by atoms with E-state index in [4.69, 9.17) is 11.6 Å². The highest BCUT2D eigenvalue weighted by atomic mass is 35.5. The van der Waals surface area contributed by atoms with Crippen molar-refractivity contribution in [3.8, 4) is 0 Å². The van der Waals surface area contributed by atoms with Gasteiger partial charge in [0.25, 0.3) is 5.91 Å². The summed E-state index contributed by atoms with van der Waals surface area (Å²) >= 11 is 5.83. The fraction of sp³-hybridized carbons (Fsp3) is 0.571. The minimum atomic E-state index is 0.0820. The molecule has 4 rings (SSSR count). The third kappa shape index (κ3) is 1.63. The number of fused-ring (bicyclic) bond motifs is 5. The van der Waals surface area contributed by atoms with Gasteiger partial charge < -0.3 is 10.2 Å². The largest absolute Gasteiger partial charge is 0.331 e. The van der Waals surface area contributed by atoms with Gasteiger partial charge in [0.05, 0.1) is 5.02 Å². The number of pyridine rings is 1. The van der Waals surface area contributed by atoms with Crippen molar-refractivity contribution in [2.75, 3.05) is 13.1 Å². The standard InChI is InChI=1S/C14H16ClN3O/c15-8-1-2-11(17-5-8)14(19)18-12-3-4-13(18)10-7-16-6-9(10)12/h1-2,5,9-10,12-13,16H,3-4,6-7H2/t9-,10+,12-,13+. The number of hydrogen-bond acceptors (Lipinski definition) is 3. The first-order valence-electron chi connectivity index (χ1n) is 6.90. The fourth-order valence-corrected chi connectivity index (χ4v) is 4.32. The quantitative estimate of drug-likeness (QED) is 0.847. The third-order valence-corrected chi connectivity index (χ3v) is 5.18. The molecule has 3 aliphatic rings. The van der Waals surface area contributed by atoms with E-state index >= 15 is 0 Å². The smallest absolute Gasteiger partial charge is 0.272 e. The summed E-state index contributed by atoms with van der Waals surface area (Å²) in [6.45, 7) is 2.12. The molecule has 1 aromatic rings. The Bertz CT molecular complexity index is 500. The van der Waals surface area contributed by atoms with Crippen LogP contribution >= 0.6 is 11.6 Å². The van der Waals surface area contributed by atoms with Gasteiger partial charge in [-0.15, -0.1) is 0 Å². The highest BCUT2D eigenvalue weighted by Crippen LogP contribution is 2.47. The molecule has 2 bridgehead atoms. The number of nitrogens with one attached hydrogen (secondary N) is 1. The minimum Gasteiger partial charge on any atom is -0.331 e. The molecule has 1 N–H and O–H groups in total. The minimum absolute atomic E-state index is 0.0820. The Kier molecular flexibility index (Phi) is 2.57. The number of amides is 1. The lowest BCUT2D eigenvalue weighted by molar-refractivity contribution is 0.0703. The molecule has 19 heavy (non-hydrogen) atoms. The molecule has 100 valence electrons. The Morgan fingerprint density at radius 1 is 1.26 bits per heavy atom. The highest BCUT2D eigenvalue weighted by Gasteiger charge is 2.56. The van der Waals surface area contributed by atoms with Crippen molar-refractivity contribution in [3.05, 3.63) is 29.0 Å². The van der Waals surface area contributed by atoms with Gasteiger partial charge >= 0.3 is 0 Å². The first-order valence-corrected chi connectivity index (χ1v) is 7.28. The first kappa shape index (κ1) is 11.7. The molecule has 0 aliphatic carbocycles. The number of nitrogens with zero attached hydrogens (tertiary/aromatic N) is 2. The van der Waals surface area contributed by atoms with Crippen LogP contribution in [0.2, 0.25) is 5.02 Å².